The van der Waals surface area contributed by atoms with Gasteiger partial charge >= 0.3 is 0 Å². The van der Waals surface area contributed by atoms with Gasteiger partial charge in [0.2, 0.25) is 0 Å². The number of anilines is 1. The molecule has 23 heavy (non-hydrogen) atoms. The van der Waals surface area contributed by atoms with Crippen molar-refractivity contribution in [1.82, 2.24) is 0 Å². The number of nitrogens with one attached hydrogen (secondary N) is 1. The highest BCUT2D eigenvalue weighted by Gasteiger charge is 2.17. The van der Waals surface area contributed by atoms with Crippen molar-refractivity contribution < 1.29 is 19.0 Å². The van der Waals surface area contributed by atoms with Crippen molar-refractivity contribution >= 4 is 45.8 Å². The van der Waals surface area contributed by atoms with E-state index in [1.165, 1.54) is 7.11 Å². The van der Waals surface area contributed by atoms with E-state index in [0.717, 1.165) is 3.57 Å². The summed E-state index contributed by atoms with van der Waals surface area (Å²) in [5, 5.41) is 3.31. The molecular weight excluding hydrogens is 433 g/mol. The molecule has 0 aliphatic carbocycles. The number of rotatable bonds is 3. The topological polar surface area (TPSA) is 56.8 Å². The van der Waals surface area contributed by atoms with Gasteiger partial charge in [0.15, 0.2) is 11.5 Å². The van der Waals surface area contributed by atoms with Gasteiger partial charge in [-0.2, -0.15) is 0 Å². The fraction of sp³-hybridized carbons (Fsp3) is 0.188. The zero-order valence-corrected chi connectivity index (χ0v) is 15.1. The van der Waals surface area contributed by atoms with E-state index < -0.39 is 0 Å². The van der Waals surface area contributed by atoms with E-state index in [9.17, 15) is 4.79 Å². The summed E-state index contributed by atoms with van der Waals surface area (Å²) in [4.78, 5) is 12.5. The lowest BCUT2D eigenvalue weighted by atomic mass is 10.1. The number of amides is 1. The molecule has 0 saturated heterocycles. The van der Waals surface area contributed by atoms with Gasteiger partial charge in [-0.25, -0.2) is 0 Å². The van der Waals surface area contributed by atoms with E-state index in [-0.39, 0.29) is 5.91 Å². The number of carbonyl (C=O) groups excluding carboxylic acids is 1. The summed E-state index contributed by atoms with van der Waals surface area (Å²) < 4.78 is 17.0. The van der Waals surface area contributed by atoms with Crippen LogP contribution in [0.1, 0.15) is 10.4 Å². The summed E-state index contributed by atoms with van der Waals surface area (Å²) in [5.74, 6) is 1.44. The Morgan fingerprint density at radius 3 is 2.70 bits per heavy atom. The normalized spacial score (nSPS) is 12.7. The number of benzene rings is 2. The highest BCUT2D eigenvalue weighted by atomic mass is 127. The van der Waals surface area contributed by atoms with Crippen LogP contribution in [0.4, 0.5) is 5.69 Å². The number of ether oxygens (including phenoxy) is 3. The molecule has 2 aromatic rings. The first-order valence-corrected chi connectivity index (χ1v) is 8.28. The molecule has 3 rings (SSSR count). The lowest BCUT2D eigenvalue weighted by Gasteiger charge is -2.19. The maximum Gasteiger partial charge on any atom is 0.259 e. The molecule has 0 unspecified atom stereocenters. The number of fused-ring (bicyclic) bond motifs is 1. The molecule has 0 saturated carbocycles. The number of halogens is 2. The fourth-order valence-corrected chi connectivity index (χ4v) is 2.80. The molecule has 0 fully saturated rings. The second kappa shape index (κ2) is 6.84. The number of hydrogen-bond acceptors (Lipinski definition) is 4. The van der Waals surface area contributed by atoms with Crippen LogP contribution in [-0.2, 0) is 0 Å². The van der Waals surface area contributed by atoms with Crippen LogP contribution in [0.2, 0.25) is 5.02 Å². The van der Waals surface area contributed by atoms with E-state index in [0.29, 0.717) is 46.7 Å². The minimum absolute atomic E-state index is 0.308. The predicted octanol–water partition coefficient (Wildman–Crippen LogP) is 3.98. The van der Waals surface area contributed by atoms with Crippen molar-refractivity contribution in [2.75, 3.05) is 25.6 Å². The quantitative estimate of drug-likeness (QED) is 0.726. The summed E-state index contributed by atoms with van der Waals surface area (Å²) in [6.45, 7) is 1.02. The Balaban J connectivity index is 1.86. The molecule has 0 spiro atoms. The molecule has 1 N–H and O–H groups in total. The monoisotopic (exact) mass is 445 g/mol. The van der Waals surface area contributed by atoms with Crippen LogP contribution in [0.15, 0.2) is 30.3 Å². The van der Waals surface area contributed by atoms with Crippen molar-refractivity contribution in [3.63, 3.8) is 0 Å². The van der Waals surface area contributed by atoms with Gasteiger partial charge in [-0.15, -0.1) is 0 Å². The summed E-state index contributed by atoms with van der Waals surface area (Å²) in [6.07, 6.45) is 0. The molecule has 1 amide bonds. The molecule has 2 aromatic carbocycles. The predicted molar refractivity (Wildman–Crippen MR) is 96.1 cm³/mol. The van der Waals surface area contributed by atoms with Gasteiger partial charge in [-0.1, -0.05) is 11.6 Å². The van der Waals surface area contributed by atoms with E-state index in [1.807, 2.05) is 0 Å². The Kier molecular flexibility index (Phi) is 4.82. The third kappa shape index (κ3) is 3.48. The Morgan fingerprint density at radius 2 is 1.96 bits per heavy atom. The fourth-order valence-electron chi connectivity index (χ4n) is 2.19. The second-order valence-corrected chi connectivity index (χ2v) is 6.35. The van der Waals surface area contributed by atoms with E-state index in [4.69, 9.17) is 25.8 Å². The van der Waals surface area contributed by atoms with Crippen molar-refractivity contribution in [2.24, 2.45) is 0 Å². The van der Waals surface area contributed by atoms with Gasteiger partial charge in [0.25, 0.3) is 5.91 Å². The van der Waals surface area contributed by atoms with Gasteiger partial charge in [-0.05, 0) is 46.9 Å². The minimum atomic E-state index is -0.308. The average molecular weight is 446 g/mol. The van der Waals surface area contributed by atoms with Crippen LogP contribution in [0, 0.1) is 3.57 Å². The zero-order chi connectivity index (χ0) is 16.4. The number of methoxy groups -OCH3 is 1. The largest absolute Gasteiger partial charge is 0.496 e. The molecule has 0 aromatic heterocycles. The summed E-state index contributed by atoms with van der Waals surface area (Å²) in [5.41, 5.74) is 0.976. The minimum Gasteiger partial charge on any atom is -0.496 e. The lowest BCUT2D eigenvalue weighted by Crippen LogP contribution is -2.17. The summed E-state index contributed by atoms with van der Waals surface area (Å²) in [7, 11) is 1.51. The molecule has 1 aliphatic heterocycles. The van der Waals surface area contributed by atoms with Gasteiger partial charge in [0.1, 0.15) is 19.0 Å². The average Bonchev–Trinajstić information content (AvgIpc) is 2.56. The Labute approximate surface area is 152 Å². The molecule has 0 atom stereocenters. The van der Waals surface area contributed by atoms with Crippen LogP contribution in [0.3, 0.4) is 0 Å². The van der Waals surface area contributed by atoms with Crippen LogP contribution in [0.5, 0.6) is 17.2 Å². The Bertz CT molecular complexity index is 766. The van der Waals surface area contributed by atoms with E-state index >= 15 is 0 Å². The molecule has 1 aliphatic rings. The first-order chi connectivity index (χ1) is 11.1. The smallest absolute Gasteiger partial charge is 0.259 e. The number of hydrogen-bond donors (Lipinski definition) is 1. The molecule has 120 valence electrons. The molecule has 0 bridgehead atoms. The van der Waals surface area contributed by atoms with Crippen molar-refractivity contribution in [3.8, 4) is 17.2 Å². The first-order valence-electron chi connectivity index (χ1n) is 6.82. The SMILES string of the molecule is COc1cc(I)c(Cl)cc1C(=O)Nc1ccc2c(c1)OCCO2. The maximum absolute atomic E-state index is 12.5. The van der Waals surface area contributed by atoms with Crippen LogP contribution in [0.25, 0.3) is 0 Å². The van der Waals surface area contributed by atoms with Crippen molar-refractivity contribution in [3.05, 3.63) is 44.5 Å². The zero-order valence-electron chi connectivity index (χ0n) is 12.2. The van der Waals surface area contributed by atoms with Gasteiger partial charge in [0, 0.05) is 15.3 Å². The van der Waals surface area contributed by atoms with Gasteiger partial charge in [-0.3, -0.25) is 4.79 Å². The van der Waals surface area contributed by atoms with Crippen LogP contribution in [-0.4, -0.2) is 26.2 Å². The van der Waals surface area contributed by atoms with E-state index in [1.54, 1.807) is 30.3 Å². The molecule has 0 radical (unpaired) electrons. The molecule has 1 heterocycles. The number of carbonyl (C=O) groups is 1. The highest BCUT2D eigenvalue weighted by molar-refractivity contribution is 14.1. The molecule has 7 heteroatoms. The van der Waals surface area contributed by atoms with Crippen molar-refractivity contribution in [1.29, 1.82) is 0 Å². The molecule has 5 nitrogen and oxygen atoms in total. The Hall–Kier alpha value is -1.67. The van der Waals surface area contributed by atoms with E-state index in [2.05, 4.69) is 27.9 Å². The second-order valence-electron chi connectivity index (χ2n) is 4.78. The first kappa shape index (κ1) is 16.2. The lowest BCUT2D eigenvalue weighted by molar-refractivity contribution is 0.102. The highest BCUT2D eigenvalue weighted by Crippen LogP contribution is 2.33. The van der Waals surface area contributed by atoms with Crippen LogP contribution < -0.4 is 19.5 Å². The van der Waals surface area contributed by atoms with Crippen molar-refractivity contribution in [2.45, 2.75) is 0 Å². The van der Waals surface area contributed by atoms with Crippen LogP contribution >= 0.6 is 34.2 Å². The molecular formula is C16H13ClINO4. The van der Waals surface area contributed by atoms with Gasteiger partial charge < -0.3 is 19.5 Å². The maximum atomic E-state index is 12.5. The third-order valence-electron chi connectivity index (χ3n) is 3.29. The standard InChI is InChI=1S/C16H13ClINO4/c1-21-14-8-12(18)11(17)7-10(14)16(20)19-9-2-3-13-15(6-9)23-5-4-22-13/h2-3,6-8H,4-5H2,1H3,(H,19,20). The summed E-state index contributed by atoms with van der Waals surface area (Å²) in [6, 6.07) is 8.57. The Morgan fingerprint density at radius 1 is 1.22 bits per heavy atom. The third-order valence-corrected chi connectivity index (χ3v) is 4.81. The summed E-state index contributed by atoms with van der Waals surface area (Å²) >= 11 is 8.19. The van der Waals surface area contributed by atoms with Gasteiger partial charge in [0.05, 0.1) is 17.7 Å².